The summed E-state index contributed by atoms with van der Waals surface area (Å²) in [6.07, 6.45) is 7.09. The average Bonchev–Trinajstić information content (AvgIpc) is 3.08. The Balaban J connectivity index is 1.31. The van der Waals surface area contributed by atoms with Crippen LogP contribution in [0, 0.1) is 35.9 Å². The van der Waals surface area contributed by atoms with E-state index in [1.165, 1.54) is 16.7 Å². The molecule has 2 aromatic heterocycles. The summed E-state index contributed by atoms with van der Waals surface area (Å²) in [6, 6.07) is 7.19. The van der Waals surface area contributed by atoms with Crippen LogP contribution in [-0.2, 0) is 10.2 Å². The first-order chi connectivity index (χ1) is 15.8. The molecular weight excluding hydrogens is 436 g/mol. The fraction of sp³-hybridized carbons (Fsp3) is 0.520. The molecule has 4 saturated carbocycles. The number of para-hydroxylation sites is 1. The second-order valence-corrected chi connectivity index (χ2v) is 11.2. The van der Waals surface area contributed by atoms with E-state index in [0.29, 0.717) is 29.2 Å². The number of benzene rings is 1. The van der Waals surface area contributed by atoms with Gasteiger partial charge in [0.25, 0.3) is 5.56 Å². The van der Waals surface area contributed by atoms with Gasteiger partial charge in [-0.05, 0) is 94.0 Å². The Kier molecular flexibility index (Phi) is 4.50. The van der Waals surface area contributed by atoms with Gasteiger partial charge in [0.1, 0.15) is 5.76 Å². The number of amides is 1. The average molecular weight is 465 g/mol. The molecule has 2 atom stereocenters. The minimum absolute atomic E-state index is 0.0509. The SMILES string of the molecule is Cc1noc(C)c1C12CC3CC(CC(CC(=O)Nn4c(=S)[nH]c5ccccc5c4=O)(C3)C1)C2. The largest absolute Gasteiger partial charge is 0.361 e. The van der Waals surface area contributed by atoms with Gasteiger partial charge in [0, 0.05) is 17.4 Å². The number of aryl methyl sites for hydroxylation is 2. The molecule has 4 fully saturated rings. The van der Waals surface area contributed by atoms with Gasteiger partial charge < -0.3 is 9.51 Å². The van der Waals surface area contributed by atoms with Gasteiger partial charge in [-0.1, -0.05) is 17.3 Å². The summed E-state index contributed by atoms with van der Waals surface area (Å²) in [4.78, 5) is 29.3. The van der Waals surface area contributed by atoms with Gasteiger partial charge in [0.05, 0.1) is 16.6 Å². The van der Waals surface area contributed by atoms with E-state index in [-0.39, 0.29) is 27.1 Å². The standard InChI is InChI=1S/C25H28N4O3S/c1-14-21(15(2)32-28-14)25-10-16-7-17(11-25)9-24(8-16,13-25)12-20(30)27-29-22(31)18-5-3-4-6-19(18)26-23(29)33/h3-6,16-17H,7-13H2,1-2H3,(H,26,33)(H,27,30). The highest BCUT2D eigenvalue weighted by Gasteiger charge is 2.59. The van der Waals surface area contributed by atoms with Crippen molar-refractivity contribution in [1.29, 1.82) is 0 Å². The number of nitrogens with one attached hydrogen (secondary N) is 2. The van der Waals surface area contributed by atoms with E-state index in [0.717, 1.165) is 43.6 Å². The summed E-state index contributed by atoms with van der Waals surface area (Å²) in [5, 5.41) is 4.75. The van der Waals surface area contributed by atoms with Crippen molar-refractivity contribution < 1.29 is 9.32 Å². The normalized spacial score (nSPS) is 30.1. The summed E-state index contributed by atoms with van der Waals surface area (Å²) >= 11 is 5.38. The second-order valence-electron chi connectivity index (χ2n) is 10.8. The molecule has 0 aliphatic heterocycles. The summed E-state index contributed by atoms with van der Waals surface area (Å²) in [5.74, 6) is 2.02. The predicted molar refractivity (Wildman–Crippen MR) is 127 cm³/mol. The zero-order valence-corrected chi connectivity index (χ0v) is 19.8. The van der Waals surface area contributed by atoms with Crippen LogP contribution in [0.4, 0.5) is 0 Å². The molecule has 2 unspecified atom stereocenters. The van der Waals surface area contributed by atoms with Gasteiger partial charge in [0.2, 0.25) is 5.91 Å². The van der Waals surface area contributed by atoms with Gasteiger partial charge in [-0.25, -0.2) is 0 Å². The van der Waals surface area contributed by atoms with Crippen molar-refractivity contribution in [2.75, 3.05) is 5.43 Å². The highest BCUT2D eigenvalue weighted by molar-refractivity contribution is 7.71. The van der Waals surface area contributed by atoms with Gasteiger partial charge in [-0.2, -0.15) is 4.68 Å². The monoisotopic (exact) mass is 464 g/mol. The lowest BCUT2D eigenvalue weighted by atomic mass is 9.42. The van der Waals surface area contributed by atoms with E-state index in [1.54, 1.807) is 12.1 Å². The van der Waals surface area contributed by atoms with Gasteiger partial charge >= 0.3 is 0 Å². The molecule has 2 heterocycles. The van der Waals surface area contributed by atoms with Crippen LogP contribution in [0.2, 0.25) is 0 Å². The molecule has 1 amide bonds. The Labute approximate surface area is 196 Å². The minimum atomic E-state index is -0.305. The van der Waals surface area contributed by atoms with Crippen molar-refractivity contribution in [3.63, 3.8) is 0 Å². The number of aromatic amines is 1. The number of carbonyl (C=O) groups is 1. The van der Waals surface area contributed by atoms with Gasteiger partial charge in [-0.15, -0.1) is 0 Å². The number of hydrogen-bond donors (Lipinski definition) is 2. The Morgan fingerprint density at radius 2 is 1.97 bits per heavy atom. The number of hydrogen-bond acceptors (Lipinski definition) is 5. The lowest BCUT2D eigenvalue weighted by molar-refractivity contribution is -0.127. The number of fused-ring (bicyclic) bond motifs is 1. The third-order valence-electron chi connectivity index (χ3n) is 8.32. The molecule has 1 aromatic carbocycles. The summed E-state index contributed by atoms with van der Waals surface area (Å²) in [7, 11) is 0. The minimum Gasteiger partial charge on any atom is -0.361 e. The Morgan fingerprint density at radius 3 is 2.67 bits per heavy atom. The van der Waals surface area contributed by atoms with Crippen molar-refractivity contribution in [1.82, 2.24) is 14.8 Å². The number of carbonyl (C=O) groups excluding carboxylic acids is 1. The maximum atomic E-state index is 13.3. The van der Waals surface area contributed by atoms with Crippen molar-refractivity contribution >= 4 is 29.0 Å². The molecule has 7 rings (SSSR count). The number of aromatic nitrogens is 3. The van der Waals surface area contributed by atoms with Crippen LogP contribution < -0.4 is 11.0 Å². The molecule has 8 heteroatoms. The summed E-state index contributed by atoms with van der Waals surface area (Å²) in [5.41, 5.74) is 5.43. The molecule has 0 spiro atoms. The van der Waals surface area contributed by atoms with E-state index in [9.17, 15) is 9.59 Å². The maximum Gasteiger partial charge on any atom is 0.281 e. The lowest BCUT2D eigenvalue weighted by Gasteiger charge is -2.62. The lowest BCUT2D eigenvalue weighted by Crippen LogP contribution is -2.55. The molecular formula is C25H28N4O3S. The summed E-state index contributed by atoms with van der Waals surface area (Å²) in [6.45, 7) is 4.05. The predicted octanol–water partition coefficient (Wildman–Crippen LogP) is 4.66. The third kappa shape index (κ3) is 3.21. The number of rotatable bonds is 4. The van der Waals surface area contributed by atoms with E-state index < -0.39 is 0 Å². The Bertz CT molecular complexity index is 1370. The van der Waals surface area contributed by atoms with Crippen LogP contribution in [0.25, 0.3) is 10.9 Å². The van der Waals surface area contributed by atoms with Crippen LogP contribution in [0.3, 0.4) is 0 Å². The van der Waals surface area contributed by atoms with E-state index >= 15 is 0 Å². The molecule has 33 heavy (non-hydrogen) atoms. The third-order valence-corrected chi connectivity index (χ3v) is 8.61. The van der Waals surface area contributed by atoms with Crippen LogP contribution >= 0.6 is 12.2 Å². The highest BCUT2D eigenvalue weighted by Crippen LogP contribution is 2.67. The smallest absolute Gasteiger partial charge is 0.281 e. The molecule has 0 radical (unpaired) electrons. The zero-order valence-electron chi connectivity index (χ0n) is 18.9. The fourth-order valence-electron chi connectivity index (χ4n) is 7.96. The van der Waals surface area contributed by atoms with Crippen molar-refractivity contribution in [3.8, 4) is 0 Å². The van der Waals surface area contributed by atoms with E-state index in [2.05, 4.69) is 15.6 Å². The van der Waals surface area contributed by atoms with Crippen LogP contribution in [-0.4, -0.2) is 20.7 Å². The van der Waals surface area contributed by atoms with Gasteiger partial charge in [-0.3, -0.25) is 15.0 Å². The molecule has 0 saturated heterocycles. The zero-order chi connectivity index (χ0) is 23.0. The molecule has 2 N–H and O–H groups in total. The first kappa shape index (κ1) is 20.8. The van der Waals surface area contributed by atoms with Crippen molar-refractivity contribution in [2.24, 2.45) is 17.3 Å². The van der Waals surface area contributed by atoms with Crippen molar-refractivity contribution in [2.45, 2.75) is 64.2 Å². The van der Waals surface area contributed by atoms with Crippen LogP contribution in [0.15, 0.2) is 33.6 Å². The molecule has 4 aliphatic rings. The molecule has 3 aromatic rings. The Hall–Kier alpha value is -2.74. The molecule has 4 aliphatic carbocycles. The number of nitrogens with zero attached hydrogens (tertiary/aromatic N) is 2. The first-order valence-corrected chi connectivity index (χ1v) is 12.2. The first-order valence-electron chi connectivity index (χ1n) is 11.7. The van der Waals surface area contributed by atoms with Crippen molar-refractivity contribution in [3.05, 3.63) is 56.4 Å². The van der Waals surface area contributed by atoms with E-state index in [4.69, 9.17) is 16.7 Å². The fourth-order valence-corrected chi connectivity index (χ4v) is 8.20. The summed E-state index contributed by atoms with van der Waals surface area (Å²) < 4.78 is 6.94. The Morgan fingerprint density at radius 1 is 1.24 bits per heavy atom. The van der Waals surface area contributed by atoms with Crippen LogP contribution in [0.1, 0.15) is 62.0 Å². The van der Waals surface area contributed by atoms with Crippen LogP contribution in [0.5, 0.6) is 0 Å². The molecule has 4 bridgehead atoms. The van der Waals surface area contributed by atoms with Gasteiger partial charge in [0.15, 0.2) is 4.77 Å². The maximum absolute atomic E-state index is 13.3. The topological polar surface area (TPSA) is 92.9 Å². The quantitative estimate of drug-likeness (QED) is 0.548. The number of H-pyrrole nitrogens is 1. The molecule has 7 nitrogen and oxygen atoms in total. The highest BCUT2D eigenvalue weighted by atomic mass is 32.1. The second kappa shape index (κ2) is 7.13. The molecule has 172 valence electrons. The van der Waals surface area contributed by atoms with E-state index in [1.807, 2.05) is 26.0 Å².